The Hall–Kier alpha value is -3.63. The molecule has 0 fully saturated rings. The molecule has 46 heavy (non-hydrogen) atoms. The number of benzene rings is 4. The molecule has 0 unspecified atom stereocenters. The summed E-state index contributed by atoms with van der Waals surface area (Å²) in [6.45, 7) is 1.04. The normalized spacial score (nSPS) is 17.4. The molecule has 0 bridgehead atoms. The second-order valence-electron chi connectivity index (χ2n) is 9.57. The van der Waals surface area contributed by atoms with Gasteiger partial charge < -0.3 is 13.9 Å². The molecule has 7 rings (SSSR count). The largest absolute Gasteiger partial charge is 2.00 e. The zero-order chi connectivity index (χ0) is 32.2. The van der Waals surface area contributed by atoms with Crippen LogP contribution in [0.3, 0.4) is 0 Å². The van der Waals surface area contributed by atoms with Crippen LogP contribution >= 0.6 is 0 Å². The second-order valence-corrected chi connectivity index (χ2v) is 11.1. The molecule has 3 heterocycles. The molecule has 2 atom stereocenters. The van der Waals surface area contributed by atoms with Crippen molar-refractivity contribution in [1.29, 1.82) is 0 Å². The van der Waals surface area contributed by atoms with E-state index in [4.69, 9.17) is 61.1 Å². The van der Waals surface area contributed by atoms with Crippen molar-refractivity contribution in [3.05, 3.63) is 119 Å². The average Bonchev–Trinajstić information content (AvgIpc) is 3.75. The molecule has 0 saturated heterocycles. The summed E-state index contributed by atoms with van der Waals surface area (Å²) < 4.78 is 86.5. The molecule has 2 aliphatic heterocycles. The Bertz CT molecular complexity index is 1680. The number of halogens is 2. The van der Waals surface area contributed by atoms with Gasteiger partial charge in [-0.05, 0) is 23.3 Å². The van der Waals surface area contributed by atoms with Gasteiger partial charge in [0.2, 0.25) is 11.8 Å². The summed E-state index contributed by atoms with van der Waals surface area (Å²) in [4.78, 5) is 9.76. The zero-order valence-electron chi connectivity index (χ0n) is 23.3. The molecule has 242 valence electrons. The maximum atomic E-state index is 8.49. The Balaban J connectivity index is 0.000000384. The fourth-order valence-corrected chi connectivity index (χ4v) is 4.89. The Morgan fingerprint density at radius 2 is 0.848 bits per heavy atom. The first-order chi connectivity index (χ1) is 21.3. The van der Waals surface area contributed by atoms with Crippen molar-refractivity contribution in [2.24, 2.45) is 9.98 Å². The van der Waals surface area contributed by atoms with Gasteiger partial charge in [-0.3, -0.25) is 0 Å². The van der Waals surface area contributed by atoms with E-state index in [1.54, 1.807) is 0 Å². The molecule has 16 heteroatoms. The number of furan rings is 1. The van der Waals surface area contributed by atoms with Gasteiger partial charge >= 0.3 is 16.5 Å². The molecule has 4 aromatic carbocycles. The van der Waals surface area contributed by atoms with Crippen molar-refractivity contribution in [3.8, 4) is 0 Å². The molecule has 0 saturated carbocycles. The average molecular weight is 716 g/mol. The van der Waals surface area contributed by atoms with Gasteiger partial charge in [0, 0.05) is 10.8 Å². The number of hydrogen-bond donors (Lipinski definition) is 0. The quantitative estimate of drug-likeness (QED) is 0.171. The molecule has 0 amide bonds. The third kappa shape index (κ3) is 9.22. The van der Waals surface area contributed by atoms with Crippen LogP contribution in [0.5, 0.6) is 0 Å². The molecule has 0 N–H and O–H groups in total. The van der Waals surface area contributed by atoms with E-state index >= 15 is 0 Å². The van der Waals surface area contributed by atoms with Crippen LogP contribution in [0.4, 0.5) is 0 Å². The number of para-hydroxylation sites is 2. The topological polar surface area (TPSA) is 241 Å². The van der Waals surface area contributed by atoms with Crippen LogP contribution in [0.25, 0.3) is 21.9 Å². The van der Waals surface area contributed by atoms with Gasteiger partial charge in [0.1, 0.15) is 36.5 Å². The van der Waals surface area contributed by atoms with Crippen LogP contribution in [0.2, 0.25) is 0 Å². The predicted octanol–water partition coefficient (Wildman–Crippen LogP) is -2.89. The number of ether oxygens (including phenoxy) is 2. The van der Waals surface area contributed by atoms with E-state index in [2.05, 4.69) is 36.4 Å². The van der Waals surface area contributed by atoms with Crippen molar-refractivity contribution in [2.75, 3.05) is 13.2 Å². The minimum atomic E-state index is -4.94. The third-order valence-corrected chi connectivity index (χ3v) is 6.66. The molecule has 5 aromatic rings. The van der Waals surface area contributed by atoms with Gasteiger partial charge in [-0.1, -0.05) is 84.9 Å². The summed E-state index contributed by atoms with van der Waals surface area (Å²) in [5.74, 6) is 1.23. The first-order valence-corrected chi connectivity index (χ1v) is 15.5. The number of nitrogens with zero attached hydrogens (tertiary/aromatic N) is 2. The summed E-state index contributed by atoms with van der Waals surface area (Å²) >= 11 is 0. The Kier molecular flexibility index (Phi) is 11.4. The van der Waals surface area contributed by atoms with Crippen LogP contribution in [-0.2, 0) is 26.0 Å². The number of aliphatic imine (C=N–C) groups is 2. The van der Waals surface area contributed by atoms with Crippen molar-refractivity contribution in [2.45, 2.75) is 12.1 Å². The Morgan fingerprint density at radius 3 is 1.20 bits per heavy atom. The SMILES string of the molecule is [Ni+2].[O-][Cl+3]([O-])([O-])[O-].[O-][Cl+3]([O-])([O-])[O-].c1ccc([C@@H]2COC(c3cccc4c3oc3c(C5=N[C@H](c6ccccc6)CO5)cccc34)=N2)cc1. The zero-order valence-corrected chi connectivity index (χ0v) is 25.8. The van der Waals surface area contributed by atoms with Gasteiger partial charge in [0.15, 0.2) is 0 Å². The van der Waals surface area contributed by atoms with Gasteiger partial charge in [-0.2, -0.15) is 0 Å². The minimum absolute atomic E-state index is 0. The maximum Gasteiger partial charge on any atom is 2.00 e. The smallest absolute Gasteiger partial charge is 0.475 e. The van der Waals surface area contributed by atoms with Crippen molar-refractivity contribution >= 4 is 33.7 Å². The first-order valence-electron chi connectivity index (χ1n) is 13.0. The van der Waals surface area contributed by atoms with Crippen LogP contribution in [-0.4, -0.2) is 25.0 Å². The summed E-state index contributed by atoms with van der Waals surface area (Å²) in [5, 5.41) is 2.04. The monoisotopic (exact) mass is 714 g/mol. The Morgan fingerprint density at radius 1 is 0.500 bits per heavy atom. The van der Waals surface area contributed by atoms with E-state index in [0.717, 1.165) is 44.2 Å². The Labute approximate surface area is 275 Å². The maximum absolute atomic E-state index is 8.49. The fraction of sp³-hybridized carbons (Fsp3) is 0.133. The van der Waals surface area contributed by atoms with Crippen LogP contribution in [0, 0.1) is 20.5 Å². The minimum Gasteiger partial charge on any atom is -0.475 e. The van der Waals surface area contributed by atoms with E-state index < -0.39 is 20.5 Å². The van der Waals surface area contributed by atoms with Crippen molar-refractivity contribution in [1.82, 2.24) is 0 Å². The van der Waals surface area contributed by atoms with E-state index in [1.807, 2.05) is 60.7 Å². The summed E-state index contributed by atoms with van der Waals surface area (Å²) in [6, 6.07) is 32.6. The summed E-state index contributed by atoms with van der Waals surface area (Å²) in [7, 11) is -9.89. The molecule has 1 aromatic heterocycles. The van der Waals surface area contributed by atoms with Gasteiger partial charge in [0.05, 0.1) is 11.1 Å². The first kappa shape index (κ1) is 35.2. The van der Waals surface area contributed by atoms with Gasteiger partial charge in [-0.25, -0.2) is 47.3 Å². The van der Waals surface area contributed by atoms with E-state index in [0.29, 0.717) is 25.0 Å². The fourth-order valence-electron chi connectivity index (χ4n) is 4.89. The molecule has 0 spiro atoms. The van der Waals surface area contributed by atoms with Crippen molar-refractivity contribution in [3.63, 3.8) is 0 Å². The van der Waals surface area contributed by atoms with Gasteiger partial charge in [-0.15, -0.1) is 20.5 Å². The molecule has 2 aliphatic rings. The predicted molar refractivity (Wildman–Crippen MR) is 137 cm³/mol. The molecular formula is C30H22Cl2N2NiO11. The second kappa shape index (κ2) is 14.9. The van der Waals surface area contributed by atoms with E-state index in [9.17, 15) is 0 Å². The molecule has 0 aliphatic carbocycles. The summed E-state index contributed by atoms with van der Waals surface area (Å²) in [6.07, 6.45) is 0. The number of fused-ring (bicyclic) bond motifs is 3. The third-order valence-electron chi connectivity index (χ3n) is 6.66. The molecule has 0 radical (unpaired) electrons. The van der Waals surface area contributed by atoms with Crippen LogP contribution in [0.1, 0.15) is 34.3 Å². The van der Waals surface area contributed by atoms with E-state index in [-0.39, 0.29) is 28.6 Å². The van der Waals surface area contributed by atoms with Crippen LogP contribution in [0.15, 0.2) is 111 Å². The van der Waals surface area contributed by atoms with Gasteiger partial charge in [0.25, 0.3) is 0 Å². The standard InChI is InChI=1S/C30H22N2O3.2ClHO4.Ni/c1-3-9-19(10-4-1)25-17-33-29(31-25)23-15-7-13-21-22-14-8-16-24(28(22)35-27(21)23)30-32-26(18-34-30)20-11-5-2-6-12-20;2*2-1(3,4)5;/h1-16,25-26H,17-18H2;2*(H,2,3,4,5);/q;;;+2/p-2/t25-,26-;;;/m0.../s1. The van der Waals surface area contributed by atoms with E-state index in [1.165, 1.54) is 0 Å². The number of rotatable bonds is 4. The van der Waals surface area contributed by atoms with Crippen molar-refractivity contribution < 1.29 is 88.1 Å². The molecular weight excluding hydrogens is 694 g/mol. The van der Waals surface area contributed by atoms with Crippen LogP contribution < -0.4 is 37.3 Å². The summed E-state index contributed by atoms with van der Waals surface area (Å²) in [5.41, 5.74) is 5.54. The molecule has 13 nitrogen and oxygen atoms in total. The number of hydrogen-bond acceptors (Lipinski definition) is 13.